The molecule has 138 valence electrons. The Kier molecular flexibility index (Phi) is 4.55. The third-order valence-corrected chi connectivity index (χ3v) is 6.33. The minimum absolute atomic E-state index is 0.0336. The van der Waals surface area contributed by atoms with Gasteiger partial charge in [0, 0.05) is 23.6 Å². The van der Waals surface area contributed by atoms with Gasteiger partial charge in [-0.1, -0.05) is 0 Å². The van der Waals surface area contributed by atoms with Gasteiger partial charge in [0.1, 0.15) is 10.6 Å². The molecule has 0 radical (unpaired) electrons. The lowest BCUT2D eigenvalue weighted by Gasteiger charge is -2.14. The number of anilines is 2. The normalized spacial score (nSPS) is 15.3. The van der Waals surface area contributed by atoms with Crippen molar-refractivity contribution in [1.82, 2.24) is 15.3 Å². The van der Waals surface area contributed by atoms with Crippen molar-refractivity contribution in [2.24, 2.45) is 5.73 Å². The fourth-order valence-electron chi connectivity index (χ4n) is 2.73. The van der Waals surface area contributed by atoms with Crippen molar-refractivity contribution >= 4 is 27.4 Å². The van der Waals surface area contributed by atoms with Crippen molar-refractivity contribution in [2.45, 2.75) is 17.6 Å². The van der Waals surface area contributed by atoms with Gasteiger partial charge in [-0.2, -0.15) is 0 Å². The third kappa shape index (κ3) is 3.46. The summed E-state index contributed by atoms with van der Waals surface area (Å²) in [7, 11) is -3.30. The van der Waals surface area contributed by atoms with E-state index in [4.69, 9.17) is 11.5 Å². The molecule has 1 aliphatic carbocycles. The Balaban J connectivity index is 1.90. The van der Waals surface area contributed by atoms with Crippen LogP contribution in [0.2, 0.25) is 0 Å². The molecule has 1 aromatic carbocycles. The topological polar surface area (TPSA) is 153 Å². The summed E-state index contributed by atoms with van der Waals surface area (Å²) in [5.41, 5.74) is 12.8. The molecule has 0 aliphatic heterocycles. The molecule has 0 saturated heterocycles. The lowest BCUT2D eigenvalue weighted by atomic mass is 10.1. The van der Waals surface area contributed by atoms with E-state index in [1.165, 1.54) is 12.3 Å². The average Bonchev–Trinajstić information content (AvgIpc) is 3.37. The van der Waals surface area contributed by atoms with Crippen LogP contribution in [0, 0.1) is 0 Å². The molecular weight excluding hydrogens is 356 g/mol. The lowest BCUT2D eigenvalue weighted by molar-refractivity contribution is 0.252. The Bertz CT molecular complexity index is 939. The first kappa shape index (κ1) is 18.1. The standard InChI is InChI=1S/C16H20N6O3S/c1-26(24,25)16(6-7-16)12-8-13(18)22-14(21-12)10-2-4-11(5-3-10)20-15(23)19-9-17/h2-5,8H,6-7,9,17H2,1H3,(H2,18,21,22)(H2,19,20,23). The molecule has 1 fully saturated rings. The molecule has 26 heavy (non-hydrogen) atoms. The lowest BCUT2D eigenvalue weighted by Crippen LogP contribution is -2.33. The van der Waals surface area contributed by atoms with E-state index >= 15 is 0 Å². The van der Waals surface area contributed by atoms with Crippen molar-refractivity contribution in [3.8, 4) is 11.4 Å². The predicted molar refractivity (Wildman–Crippen MR) is 98.8 cm³/mol. The zero-order valence-corrected chi connectivity index (χ0v) is 15.0. The minimum Gasteiger partial charge on any atom is -0.384 e. The van der Waals surface area contributed by atoms with Gasteiger partial charge in [0.05, 0.1) is 12.4 Å². The number of amides is 2. The maximum atomic E-state index is 12.1. The molecule has 1 aliphatic rings. The summed E-state index contributed by atoms with van der Waals surface area (Å²) in [6.07, 6.45) is 2.27. The van der Waals surface area contributed by atoms with E-state index in [1.54, 1.807) is 24.3 Å². The van der Waals surface area contributed by atoms with Crippen molar-refractivity contribution in [3.63, 3.8) is 0 Å². The van der Waals surface area contributed by atoms with Crippen molar-refractivity contribution in [2.75, 3.05) is 24.0 Å². The van der Waals surface area contributed by atoms with Gasteiger partial charge in [-0.3, -0.25) is 0 Å². The van der Waals surface area contributed by atoms with Crippen LogP contribution in [-0.2, 0) is 14.6 Å². The second-order valence-electron chi connectivity index (χ2n) is 6.18. The third-order valence-electron chi connectivity index (χ3n) is 4.29. The van der Waals surface area contributed by atoms with Gasteiger partial charge in [0.15, 0.2) is 15.7 Å². The number of urea groups is 1. The molecule has 2 amide bonds. The van der Waals surface area contributed by atoms with Crippen molar-refractivity contribution in [3.05, 3.63) is 36.0 Å². The summed E-state index contributed by atoms with van der Waals surface area (Å²) < 4.78 is 23.3. The number of rotatable bonds is 5. The monoisotopic (exact) mass is 376 g/mol. The fraction of sp³-hybridized carbons (Fsp3) is 0.312. The van der Waals surface area contributed by atoms with Crippen LogP contribution in [0.25, 0.3) is 11.4 Å². The molecule has 9 nitrogen and oxygen atoms in total. The highest BCUT2D eigenvalue weighted by molar-refractivity contribution is 7.91. The van der Waals surface area contributed by atoms with Gasteiger partial charge in [-0.25, -0.2) is 23.2 Å². The molecule has 2 aromatic rings. The zero-order chi connectivity index (χ0) is 18.9. The predicted octanol–water partition coefficient (Wildman–Crippen LogP) is 0.797. The smallest absolute Gasteiger partial charge is 0.320 e. The number of sulfone groups is 1. The highest BCUT2D eigenvalue weighted by Crippen LogP contribution is 2.52. The quantitative estimate of drug-likeness (QED) is 0.563. The van der Waals surface area contributed by atoms with E-state index in [2.05, 4.69) is 20.6 Å². The van der Waals surface area contributed by atoms with Crippen LogP contribution in [0.3, 0.4) is 0 Å². The first-order valence-electron chi connectivity index (χ1n) is 7.95. The summed E-state index contributed by atoms with van der Waals surface area (Å²) in [5.74, 6) is 0.553. The van der Waals surface area contributed by atoms with E-state index in [1.807, 2.05) is 0 Å². The van der Waals surface area contributed by atoms with Crippen molar-refractivity contribution < 1.29 is 13.2 Å². The molecule has 1 saturated carbocycles. The van der Waals surface area contributed by atoms with E-state index in [0.29, 0.717) is 35.6 Å². The zero-order valence-electron chi connectivity index (χ0n) is 14.2. The van der Waals surface area contributed by atoms with Crippen LogP contribution in [0.5, 0.6) is 0 Å². The van der Waals surface area contributed by atoms with Gasteiger partial charge in [0.25, 0.3) is 0 Å². The Morgan fingerprint density at radius 3 is 2.42 bits per heavy atom. The summed E-state index contributed by atoms with van der Waals surface area (Å²) in [4.78, 5) is 20.1. The number of nitrogens with two attached hydrogens (primary N) is 2. The van der Waals surface area contributed by atoms with Crippen LogP contribution < -0.4 is 22.1 Å². The Hall–Kier alpha value is -2.72. The van der Waals surface area contributed by atoms with E-state index in [9.17, 15) is 13.2 Å². The van der Waals surface area contributed by atoms with Gasteiger partial charge in [-0.05, 0) is 37.1 Å². The second-order valence-corrected chi connectivity index (χ2v) is 8.51. The molecule has 10 heteroatoms. The highest BCUT2D eigenvalue weighted by Gasteiger charge is 2.55. The molecule has 1 aromatic heterocycles. The first-order valence-corrected chi connectivity index (χ1v) is 9.84. The van der Waals surface area contributed by atoms with Gasteiger partial charge in [-0.15, -0.1) is 0 Å². The number of carbonyl (C=O) groups is 1. The van der Waals surface area contributed by atoms with E-state index < -0.39 is 20.6 Å². The number of nitrogens with one attached hydrogen (secondary N) is 2. The highest BCUT2D eigenvalue weighted by atomic mass is 32.2. The molecule has 1 heterocycles. The number of hydrogen-bond acceptors (Lipinski definition) is 7. The molecule has 0 bridgehead atoms. The van der Waals surface area contributed by atoms with Gasteiger partial charge < -0.3 is 22.1 Å². The fourth-order valence-corrected chi connectivity index (χ4v) is 4.06. The summed E-state index contributed by atoms with van der Waals surface area (Å²) >= 11 is 0. The van der Waals surface area contributed by atoms with Crippen LogP contribution in [0.15, 0.2) is 30.3 Å². The number of nitrogen functional groups attached to an aromatic ring is 1. The number of aromatic nitrogens is 2. The minimum atomic E-state index is -3.30. The van der Waals surface area contributed by atoms with Crippen LogP contribution in [-0.4, -0.2) is 37.3 Å². The molecule has 6 N–H and O–H groups in total. The van der Waals surface area contributed by atoms with Crippen LogP contribution in [0.4, 0.5) is 16.3 Å². The van der Waals surface area contributed by atoms with E-state index in [-0.39, 0.29) is 12.5 Å². The molecule has 0 atom stereocenters. The van der Waals surface area contributed by atoms with Crippen molar-refractivity contribution in [1.29, 1.82) is 0 Å². The first-order chi connectivity index (χ1) is 12.2. The second kappa shape index (κ2) is 6.54. The molecule has 3 rings (SSSR count). The van der Waals surface area contributed by atoms with Crippen LogP contribution >= 0.6 is 0 Å². The summed E-state index contributed by atoms with van der Waals surface area (Å²) in [6, 6.07) is 7.91. The maximum absolute atomic E-state index is 12.1. The SMILES string of the molecule is CS(=O)(=O)C1(c2cc(N)nc(-c3ccc(NC(=O)NCN)cc3)n2)CC1. The number of nitrogens with zero attached hydrogens (tertiary/aromatic N) is 2. The Morgan fingerprint density at radius 2 is 1.88 bits per heavy atom. The summed E-state index contributed by atoms with van der Waals surface area (Å²) in [6.45, 7) is 0.0336. The molecule has 0 unspecified atom stereocenters. The summed E-state index contributed by atoms with van der Waals surface area (Å²) in [5, 5.41) is 5.05. The van der Waals surface area contributed by atoms with Gasteiger partial charge in [0.2, 0.25) is 0 Å². The van der Waals surface area contributed by atoms with Crippen LogP contribution in [0.1, 0.15) is 18.5 Å². The largest absolute Gasteiger partial charge is 0.384 e. The maximum Gasteiger partial charge on any atom is 0.320 e. The Morgan fingerprint density at radius 1 is 1.23 bits per heavy atom. The number of benzene rings is 1. The number of carbonyl (C=O) groups excluding carboxylic acids is 1. The molecular formula is C16H20N6O3S. The van der Waals surface area contributed by atoms with E-state index in [0.717, 1.165) is 0 Å². The number of hydrogen-bond donors (Lipinski definition) is 4. The average molecular weight is 376 g/mol. The Labute approximate surface area is 151 Å². The van der Waals surface area contributed by atoms with Gasteiger partial charge >= 0.3 is 6.03 Å². The molecule has 0 spiro atoms.